The third-order valence-corrected chi connectivity index (χ3v) is 3.48. The van der Waals surface area contributed by atoms with Gasteiger partial charge in [-0.2, -0.15) is 5.10 Å². The van der Waals surface area contributed by atoms with E-state index in [-0.39, 0.29) is 6.10 Å². The van der Waals surface area contributed by atoms with Crippen LogP contribution in [-0.2, 0) is 13.5 Å². The van der Waals surface area contributed by atoms with E-state index in [0.717, 1.165) is 29.0 Å². The van der Waals surface area contributed by atoms with Crippen molar-refractivity contribution >= 4 is 21.7 Å². The van der Waals surface area contributed by atoms with Crippen molar-refractivity contribution < 1.29 is 4.74 Å². The summed E-state index contributed by atoms with van der Waals surface area (Å²) in [5.74, 6) is 1.88. The summed E-state index contributed by atoms with van der Waals surface area (Å²) in [5.41, 5.74) is 1.26. The summed E-state index contributed by atoms with van der Waals surface area (Å²) in [4.78, 5) is 0. The second-order valence-corrected chi connectivity index (χ2v) is 5.37. The number of aromatic nitrogens is 2. The van der Waals surface area contributed by atoms with Crippen molar-refractivity contribution in [2.75, 3.05) is 11.9 Å². The van der Waals surface area contributed by atoms with Gasteiger partial charge in [-0.25, -0.2) is 0 Å². The monoisotopic (exact) mass is 307 g/mol. The highest BCUT2D eigenvalue weighted by molar-refractivity contribution is 9.10. The molecule has 5 heteroatoms. The lowest BCUT2D eigenvalue weighted by molar-refractivity contribution is 0.246. The molecule has 2 heterocycles. The van der Waals surface area contributed by atoms with E-state index in [9.17, 15) is 0 Å². The van der Waals surface area contributed by atoms with Crippen molar-refractivity contribution in [3.05, 3.63) is 40.5 Å². The molecule has 94 valence electrons. The van der Waals surface area contributed by atoms with Crippen LogP contribution < -0.4 is 10.1 Å². The molecule has 1 aromatic heterocycles. The van der Waals surface area contributed by atoms with Crippen LogP contribution in [0.2, 0.25) is 0 Å². The topological polar surface area (TPSA) is 39.1 Å². The number of anilines is 1. The van der Waals surface area contributed by atoms with Gasteiger partial charge in [0.15, 0.2) is 0 Å². The van der Waals surface area contributed by atoms with Gasteiger partial charge in [0.05, 0.1) is 6.54 Å². The molecule has 0 amide bonds. The molecular weight excluding hydrogens is 294 g/mol. The zero-order chi connectivity index (χ0) is 12.5. The maximum atomic E-state index is 5.87. The maximum absolute atomic E-state index is 5.87. The number of nitrogens with one attached hydrogen (secondary N) is 1. The summed E-state index contributed by atoms with van der Waals surface area (Å²) in [6.07, 6.45) is 3.04. The number of benzene rings is 1. The van der Waals surface area contributed by atoms with Crippen molar-refractivity contribution in [3.63, 3.8) is 0 Å². The van der Waals surface area contributed by atoms with Gasteiger partial charge in [-0.3, -0.25) is 4.68 Å². The van der Waals surface area contributed by atoms with Gasteiger partial charge in [0.25, 0.3) is 0 Å². The van der Waals surface area contributed by atoms with Crippen LogP contribution in [0, 0.1) is 0 Å². The van der Waals surface area contributed by atoms with E-state index in [1.807, 2.05) is 31.4 Å². The van der Waals surface area contributed by atoms with Crippen molar-refractivity contribution in [2.24, 2.45) is 7.05 Å². The van der Waals surface area contributed by atoms with Crippen molar-refractivity contribution in [1.29, 1.82) is 0 Å². The van der Waals surface area contributed by atoms with Crippen molar-refractivity contribution in [3.8, 4) is 5.75 Å². The van der Waals surface area contributed by atoms with E-state index in [2.05, 4.69) is 32.4 Å². The minimum absolute atomic E-state index is 0.177. The predicted octanol–water partition coefficient (Wildman–Crippen LogP) is 2.60. The van der Waals surface area contributed by atoms with Crippen LogP contribution >= 0.6 is 15.9 Å². The summed E-state index contributed by atoms with van der Waals surface area (Å²) >= 11 is 3.48. The fraction of sp³-hybridized carbons (Fsp3) is 0.308. The predicted molar refractivity (Wildman–Crippen MR) is 74.0 cm³/mol. The molecule has 1 atom stereocenters. The molecule has 4 nitrogen and oxygen atoms in total. The van der Waals surface area contributed by atoms with Gasteiger partial charge in [-0.15, -0.1) is 0 Å². The van der Waals surface area contributed by atoms with Crippen LogP contribution in [0.5, 0.6) is 5.75 Å². The molecule has 1 aromatic carbocycles. The Hall–Kier alpha value is -1.49. The molecule has 0 aliphatic carbocycles. The molecular formula is C13H14BrN3O. The number of halogens is 1. The van der Waals surface area contributed by atoms with E-state index in [0.29, 0.717) is 0 Å². The smallest absolute Gasteiger partial charge is 0.148 e. The van der Waals surface area contributed by atoms with Gasteiger partial charge in [0.2, 0.25) is 0 Å². The highest BCUT2D eigenvalue weighted by Gasteiger charge is 2.22. The number of hydrogen-bond acceptors (Lipinski definition) is 3. The van der Waals surface area contributed by atoms with Crippen LogP contribution in [0.1, 0.15) is 5.56 Å². The standard InChI is InChI=1S/C13H14BrN3O/c1-17-5-4-13(16-17)15-8-11-7-9-6-10(14)2-3-12(9)18-11/h2-6,11H,7-8H2,1H3,(H,15,16). The minimum Gasteiger partial charge on any atom is -0.488 e. The number of aryl methyl sites for hydroxylation is 1. The summed E-state index contributed by atoms with van der Waals surface area (Å²) in [5, 5.41) is 7.57. The zero-order valence-corrected chi connectivity index (χ0v) is 11.6. The van der Waals surface area contributed by atoms with E-state index in [4.69, 9.17) is 4.74 Å². The van der Waals surface area contributed by atoms with Gasteiger partial charge >= 0.3 is 0 Å². The normalized spacial score (nSPS) is 17.3. The molecule has 1 aliphatic rings. The lowest BCUT2D eigenvalue weighted by Gasteiger charge is -2.10. The first-order valence-corrected chi connectivity index (χ1v) is 6.68. The number of rotatable bonds is 3. The molecule has 1 N–H and O–H groups in total. The summed E-state index contributed by atoms with van der Waals surface area (Å²) < 4.78 is 8.75. The average Bonchev–Trinajstić information content (AvgIpc) is 2.92. The molecule has 1 aliphatic heterocycles. The zero-order valence-electron chi connectivity index (χ0n) is 10.1. The number of nitrogens with zero attached hydrogens (tertiary/aromatic N) is 2. The number of hydrogen-bond donors (Lipinski definition) is 1. The molecule has 0 saturated heterocycles. The van der Waals surface area contributed by atoms with E-state index in [1.54, 1.807) is 4.68 Å². The molecule has 0 fully saturated rings. The van der Waals surface area contributed by atoms with Crippen LogP contribution in [-0.4, -0.2) is 22.4 Å². The van der Waals surface area contributed by atoms with Crippen molar-refractivity contribution in [2.45, 2.75) is 12.5 Å². The van der Waals surface area contributed by atoms with Gasteiger partial charge in [0, 0.05) is 30.2 Å². The fourth-order valence-corrected chi connectivity index (χ4v) is 2.54. The Balaban J connectivity index is 1.61. The van der Waals surface area contributed by atoms with Crippen LogP contribution in [0.4, 0.5) is 5.82 Å². The van der Waals surface area contributed by atoms with E-state index >= 15 is 0 Å². The Bertz CT molecular complexity index is 567. The van der Waals surface area contributed by atoms with Crippen LogP contribution in [0.15, 0.2) is 34.9 Å². The largest absolute Gasteiger partial charge is 0.488 e. The van der Waals surface area contributed by atoms with E-state index in [1.165, 1.54) is 5.56 Å². The Labute approximate surface area is 114 Å². The maximum Gasteiger partial charge on any atom is 0.148 e. The third kappa shape index (κ3) is 2.36. The Morgan fingerprint density at radius 3 is 3.17 bits per heavy atom. The van der Waals surface area contributed by atoms with Gasteiger partial charge in [-0.05, 0) is 23.8 Å². The van der Waals surface area contributed by atoms with Gasteiger partial charge in [-0.1, -0.05) is 15.9 Å². The molecule has 1 unspecified atom stereocenters. The molecule has 0 bridgehead atoms. The average molecular weight is 308 g/mol. The van der Waals surface area contributed by atoms with E-state index < -0.39 is 0 Å². The lowest BCUT2D eigenvalue weighted by Crippen LogP contribution is -2.24. The Morgan fingerprint density at radius 1 is 1.50 bits per heavy atom. The Kier molecular flexibility index (Phi) is 2.99. The summed E-state index contributed by atoms with van der Waals surface area (Å²) in [6.45, 7) is 0.767. The minimum atomic E-state index is 0.177. The number of fused-ring (bicyclic) bond motifs is 1. The lowest BCUT2D eigenvalue weighted by atomic mass is 10.1. The Morgan fingerprint density at radius 2 is 2.39 bits per heavy atom. The molecule has 3 rings (SSSR count). The fourth-order valence-electron chi connectivity index (χ4n) is 2.13. The molecule has 0 radical (unpaired) electrons. The van der Waals surface area contributed by atoms with Gasteiger partial charge < -0.3 is 10.1 Å². The van der Waals surface area contributed by atoms with Gasteiger partial charge in [0.1, 0.15) is 17.7 Å². The quantitative estimate of drug-likeness (QED) is 0.947. The second-order valence-electron chi connectivity index (χ2n) is 4.45. The third-order valence-electron chi connectivity index (χ3n) is 2.99. The van der Waals surface area contributed by atoms with Crippen LogP contribution in [0.25, 0.3) is 0 Å². The van der Waals surface area contributed by atoms with Crippen molar-refractivity contribution in [1.82, 2.24) is 9.78 Å². The highest BCUT2D eigenvalue weighted by Crippen LogP contribution is 2.31. The molecule has 2 aromatic rings. The molecule has 0 spiro atoms. The first-order chi connectivity index (χ1) is 8.70. The first-order valence-electron chi connectivity index (χ1n) is 5.89. The number of ether oxygens (including phenoxy) is 1. The summed E-state index contributed by atoms with van der Waals surface area (Å²) in [7, 11) is 1.91. The first kappa shape index (κ1) is 11.6. The summed E-state index contributed by atoms with van der Waals surface area (Å²) in [6, 6.07) is 8.10. The molecule has 18 heavy (non-hydrogen) atoms. The van der Waals surface area contributed by atoms with Crippen LogP contribution in [0.3, 0.4) is 0 Å². The second kappa shape index (κ2) is 4.65. The SMILES string of the molecule is Cn1ccc(NCC2Cc3cc(Br)ccc3O2)n1. The highest BCUT2D eigenvalue weighted by atomic mass is 79.9. The molecule has 0 saturated carbocycles.